The molecule has 0 aromatic carbocycles. The van der Waals surface area contributed by atoms with Crippen LogP contribution in [0.1, 0.15) is 38.5 Å². The number of nitrogens with two attached hydrogens (primary N) is 1. The van der Waals surface area contributed by atoms with E-state index in [0.717, 1.165) is 38.8 Å². The van der Waals surface area contributed by atoms with Gasteiger partial charge in [0.15, 0.2) is 0 Å². The predicted molar refractivity (Wildman–Crippen MR) is 73.2 cm³/mol. The molecule has 4 heteroatoms. The number of hydrogen-bond acceptors (Lipinski definition) is 3. The van der Waals surface area contributed by atoms with Crippen LogP contribution >= 0.6 is 0 Å². The van der Waals surface area contributed by atoms with Crippen LogP contribution in [-0.4, -0.2) is 43.5 Å². The summed E-state index contributed by atoms with van der Waals surface area (Å²) in [5.74, 6) is 1.03. The van der Waals surface area contributed by atoms with Crippen molar-refractivity contribution in [1.82, 2.24) is 10.2 Å². The minimum absolute atomic E-state index is 0.162. The highest BCUT2D eigenvalue weighted by atomic mass is 16.1. The number of hydrogen-bond donors (Lipinski definition) is 2. The Bertz CT molecular complexity index is 282. The molecule has 0 bridgehead atoms. The summed E-state index contributed by atoms with van der Waals surface area (Å²) in [6.45, 7) is 3.15. The van der Waals surface area contributed by atoms with E-state index in [9.17, 15) is 4.79 Å². The van der Waals surface area contributed by atoms with Gasteiger partial charge in [-0.15, -0.1) is 0 Å². The lowest BCUT2D eigenvalue weighted by Gasteiger charge is -2.31. The molecular weight excluding hydrogens is 226 g/mol. The largest absolute Gasteiger partial charge is 0.356 e. The number of likely N-dealkylation sites (tertiary alicyclic amines) is 1. The van der Waals surface area contributed by atoms with Gasteiger partial charge in [0.2, 0.25) is 5.91 Å². The van der Waals surface area contributed by atoms with Crippen LogP contribution in [0.2, 0.25) is 0 Å². The van der Waals surface area contributed by atoms with Crippen molar-refractivity contribution in [2.45, 2.75) is 44.6 Å². The molecule has 0 radical (unpaired) electrons. The molecule has 1 saturated carbocycles. The van der Waals surface area contributed by atoms with E-state index in [2.05, 4.69) is 17.3 Å². The SMILES string of the molecule is CN1CCCC(CNC(=O)C2CCCC(N)C2)C1. The minimum Gasteiger partial charge on any atom is -0.356 e. The molecule has 3 unspecified atom stereocenters. The zero-order chi connectivity index (χ0) is 13.0. The smallest absolute Gasteiger partial charge is 0.223 e. The standard InChI is InChI=1S/C14H27N3O/c1-17-7-3-4-11(10-17)9-16-14(18)12-5-2-6-13(15)8-12/h11-13H,2-10,15H2,1H3,(H,16,18). The molecule has 2 rings (SSSR count). The third-order valence-corrected chi connectivity index (χ3v) is 4.37. The highest BCUT2D eigenvalue weighted by Crippen LogP contribution is 2.23. The van der Waals surface area contributed by atoms with Crippen LogP contribution in [0.25, 0.3) is 0 Å². The van der Waals surface area contributed by atoms with Crippen molar-refractivity contribution in [2.24, 2.45) is 17.6 Å². The van der Waals surface area contributed by atoms with Gasteiger partial charge in [-0.2, -0.15) is 0 Å². The van der Waals surface area contributed by atoms with E-state index in [1.54, 1.807) is 0 Å². The second-order valence-corrected chi connectivity index (χ2v) is 6.14. The topological polar surface area (TPSA) is 58.4 Å². The number of rotatable bonds is 3. The maximum atomic E-state index is 12.1. The molecule has 104 valence electrons. The zero-order valence-electron chi connectivity index (χ0n) is 11.5. The van der Waals surface area contributed by atoms with E-state index in [0.29, 0.717) is 5.92 Å². The molecule has 2 fully saturated rings. The Morgan fingerprint density at radius 3 is 2.89 bits per heavy atom. The van der Waals surface area contributed by atoms with Crippen molar-refractivity contribution in [3.8, 4) is 0 Å². The Hall–Kier alpha value is -0.610. The lowest BCUT2D eigenvalue weighted by molar-refractivity contribution is -0.126. The number of piperidine rings is 1. The van der Waals surface area contributed by atoms with Crippen LogP contribution in [0.5, 0.6) is 0 Å². The lowest BCUT2D eigenvalue weighted by Crippen LogP contribution is -2.42. The zero-order valence-corrected chi connectivity index (χ0v) is 11.5. The van der Waals surface area contributed by atoms with Gasteiger partial charge in [-0.25, -0.2) is 0 Å². The van der Waals surface area contributed by atoms with E-state index in [-0.39, 0.29) is 17.9 Å². The van der Waals surface area contributed by atoms with Crippen molar-refractivity contribution in [3.63, 3.8) is 0 Å². The Morgan fingerprint density at radius 2 is 2.17 bits per heavy atom. The fraction of sp³-hybridized carbons (Fsp3) is 0.929. The predicted octanol–water partition coefficient (Wildman–Crippen LogP) is 0.962. The van der Waals surface area contributed by atoms with Gasteiger partial charge in [0.1, 0.15) is 0 Å². The van der Waals surface area contributed by atoms with Crippen LogP contribution in [-0.2, 0) is 4.79 Å². The third kappa shape index (κ3) is 3.95. The molecule has 3 atom stereocenters. The first-order chi connectivity index (χ1) is 8.65. The molecule has 4 nitrogen and oxygen atoms in total. The highest BCUT2D eigenvalue weighted by molar-refractivity contribution is 5.78. The molecule has 0 spiro atoms. The lowest BCUT2D eigenvalue weighted by atomic mass is 9.85. The molecule has 1 aliphatic carbocycles. The molecule has 18 heavy (non-hydrogen) atoms. The molecule has 2 aliphatic rings. The maximum absolute atomic E-state index is 12.1. The molecular formula is C14H27N3O. The number of amides is 1. The highest BCUT2D eigenvalue weighted by Gasteiger charge is 2.26. The summed E-state index contributed by atoms with van der Waals surface area (Å²) in [5.41, 5.74) is 5.93. The second-order valence-electron chi connectivity index (χ2n) is 6.14. The van der Waals surface area contributed by atoms with E-state index in [1.807, 2.05) is 0 Å². The average Bonchev–Trinajstić information content (AvgIpc) is 2.36. The van der Waals surface area contributed by atoms with E-state index in [4.69, 9.17) is 5.73 Å². The first-order valence-electron chi connectivity index (χ1n) is 7.37. The van der Waals surface area contributed by atoms with E-state index >= 15 is 0 Å². The average molecular weight is 253 g/mol. The second kappa shape index (κ2) is 6.53. The summed E-state index contributed by atoms with van der Waals surface area (Å²) in [6, 6.07) is 0.232. The quantitative estimate of drug-likeness (QED) is 0.788. The molecule has 1 heterocycles. The van der Waals surface area contributed by atoms with Crippen LogP contribution in [0.15, 0.2) is 0 Å². The first-order valence-corrected chi connectivity index (χ1v) is 7.37. The van der Waals surface area contributed by atoms with E-state index < -0.39 is 0 Å². The van der Waals surface area contributed by atoms with Crippen molar-refractivity contribution in [2.75, 3.05) is 26.7 Å². The minimum atomic E-state index is 0.162. The Balaban J connectivity index is 1.70. The van der Waals surface area contributed by atoms with Gasteiger partial charge in [-0.1, -0.05) is 6.42 Å². The molecule has 0 aromatic heterocycles. The summed E-state index contributed by atoms with van der Waals surface area (Å²) in [4.78, 5) is 14.4. The number of nitrogens with one attached hydrogen (secondary N) is 1. The third-order valence-electron chi connectivity index (χ3n) is 4.37. The van der Waals surface area contributed by atoms with Gasteiger partial charge in [-0.05, 0) is 51.6 Å². The Kier molecular flexibility index (Phi) is 5.01. The molecule has 0 aromatic rings. The number of carbonyl (C=O) groups excluding carboxylic acids is 1. The van der Waals surface area contributed by atoms with Crippen molar-refractivity contribution in [1.29, 1.82) is 0 Å². The Labute approximate surface area is 110 Å². The van der Waals surface area contributed by atoms with Gasteiger partial charge in [-0.3, -0.25) is 4.79 Å². The monoisotopic (exact) mass is 253 g/mol. The van der Waals surface area contributed by atoms with Crippen LogP contribution in [0.4, 0.5) is 0 Å². The summed E-state index contributed by atoms with van der Waals surface area (Å²) in [7, 11) is 2.16. The molecule has 1 amide bonds. The molecule has 3 N–H and O–H groups in total. The van der Waals surface area contributed by atoms with Gasteiger partial charge < -0.3 is 16.0 Å². The first kappa shape index (κ1) is 13.8. The normalized spacial score (nSPS) is 34.2. The Morgan fingerprint density at radius 1 is 1.33 bits per heavy atom. The maximum Gasteiger partial charge on any atom is 0.223 e. The van der Waals surface area contributed by atoms with Gasteiger partial charge in [0, 0.05) is 25.0 Å². The van der Waals surface area contributed by atoms with Crippen LogP contribution in [0.3, 0.4) is 0 Å². The van der Waals surface area contributed by atoms with Crippen molar-refractivity contribution >= 4 is 5.91 Å². The summed E-state index contributed by atoms with van der Waals surface area (Å²) in [6.07, 6.45) is 6.57. The van der Waals surface area contributed by atoms with Crippen LogP contribution in [0, 0.1) is 11.8 Å². The molecule has 1 aliphatic heterocycles. The van der Waals surface area contributed by atoms with Crippen molar-refractivity contribution in [3.05, 3.63) is 0 Å². The number of nitrogens with zero attached hydrogens (tertiary/aromatic N) is 1. The number of carbonyl (C=O) groups is 1. The fourth-order valence-electron chi connectivity index (χ4n) is 3.29. The molecule has 1 saturated heterocycles. The summed E-state index contributed by atoms with van der Waals surface area (Å²) >= 11 is 0. The van der Waals surface area contributed by atoms with Gasteiger partial charge >= 0.3 is 0 Å². The summed E-state index contributed by atoms with van der Waals surface area (Å²) in [5, 5.41) is 3.14. The summed E-state index contributed by atoms with van der Waals surface area (Å²) < 4.78 is 0. The van der Waals surface area contributed by atoms with Crippen molar-refractivity contribution < 1.29 is 4.79 Å². The van der Waals surface area contributed by atoms with Crippen LogP contribution < -0.4 is 11.1 Å². The van der Waals surface area contributed by atoms with E-state index in [1.165, 1.54) is 19.4 Å². The fourth-order valence-corrected chi connectivity index (χ4v) is 3.29. The van der Waals surface area contributed by atoms with Gasteiger partial charge in [0.05, 0.1) is 0 Å². The van der Waals surface area contributed by atoms with Gasteiger partial charge in [0.25, 0.3) is 0 Å².